The molecule has 1 saturated heterocycles. The Morgan fingerprint density at radius 2 is 1.28 bits per heavy atom. The van der Waals surface area contributed by atoms with E-state index >= 15 is 0 Å². The summed E-state index contributed by atoms with van der Waals surface area (Å²) in [6.07, 6.45) is 6.28. The molecule has 0 saturated carbocycles. The Kier molecular flexibility index (Phi) is 10.5. The van der Waals surface area contributed by atoms with Crippen LogP contribution in [0.1, 0.15) is 91.2 Å². The minimum atomic E-state index is -1.88. The van der Waals surface area contributed by atoms with E-state index in [1.54, 1.807) is 13.8 Å². The molecule has 2 aromatic rings. The summed E-state index contributed by atoms with van der Waals surface area (Å²) >= 11 is 0. The van der Waals surface area contributed by atoms with Gasteiger partial charge in [0.25, 0.3) is 5.60 Å². The van der Waals surface area contributed by atoms with Crippen LogP contribution in [0.25, 0.3) is 5.57 Å². The SMILES string of the molecule is CCOC(=O)C(CCCC=C(c1ccccc1)c1ccccc1)(ON1C(C)(C)CCCC1(C)C)C(=O)OCC. The maximum Gasteiger partial charge on any atom is 0.352 e. The number of ether oxygens (including phenoxy) is 2. The minimum Gasteiger partial charge on any atom is -0.463 e. The Morgan fingerprint density at radius 1 is 0.821 bits per heavy atom. The summed E-state index contributed by atoms with van der Waals surface area (Å²) in [5.41, 5.74) is 0.691. The molecule has 0 bridgehead atoms. The number of carbonyl (C=O) groups is 2. The van der Waals surface area contributed by atoms with Crippen LogP contribution in [-0.4, -0.2) is 46.9 Å². The Balaban J connectivity index is 1.95. The lowest BCUT2D eigenvalue weighted by Gasteiger charge is -2.53. The zero-order valence-electron chi connectivity index (χ0n) is 24.5. The lowest BCUT2D eigenvalue weighted by molar-refractivity contribution is -0.329. The highest BCUT2D eigenvalue weighted by Gasteiger charge is 2.56. The quantitative estimate of drug-likeness (QED) is 0.164. The second kappa shape index (κ2) is 13.4. The fourth-order valence-corrected chi connectivity index (χ4v) is 5.52. The molecule has 6 nitrogen and oxygen atoms in total. The Morgan fingerprint density at radius 3 is 1.72 bits per heavy atom. The molecule has 0 unspecified atom stereocenters. The molecule has 0 radical (unpaired) electrons. The van der Waals surface area contributed by atoms with E-state index in [-0.39, 0.29) is 30.7 Å². The van der Waals surface area contributed by atoms with Gasteiger partial charge in [0, 0.05) is 17.5 Å². The summed E-state index contributed by atoms with van der Waals surface area (Å²) in [6, 6.07) is 20.4. The molecule has 0 spiro atoms. The van der Waals surface area contributed by atoms with E-state index in [1.807, 2.05) is 41.5 Å². The molecule has 212 valence electrons. The number of nitrogens with zero attached hydrogens (tertiary/aromatic N) is 1. The molecule has 3 rings (SSSR count). The Labute approximate surface area is 234 Å². The topological polar surface area (TPSA) is 65.1 Å². The van der Waals surface area contributed by atoms with Crippen LogP contribution in [0.3, 0.4) is 0 Å². The van der Waals surface area contributed by atoms with Crippen molar-refractivity contribution in [1.82, 2.24) is 5.06 Å². The van der Waals surface area contributed by atoms with Crippen molar-refractivity contribution in [3.63, 3.8) is 0 Å². The van der Waals surface area contributed by atoms with Crippen LogP contribution in [0, 0.1) is 0 Å². The van der Waals surface area contributed by atoms with Crippen LogP contribution < -0.4 is 0 Å². The predicted molar refractivity (Wildman–Crippen MR) is 155 cm³/mol. The summed E-state index contributed by atoms with van der Waals surface area (Å²) in [5.74, 6) is -1.40. The zero-order chi connectivity index (χ0) is 28.5. The van der Waals surface area contributed by atoms with Crippen molar-refractivity contribution in [1.29, 1.82) is 0 Å². The lowest BCUT2D eigenvalue weighted by Crippen LogP contribution is -2.65. The highest BCUT2D eigenvalue weighted by atomic mass is 16.7. The highest BCUT2D eigenvalue weighted by molar-refractivity contribution is 6.03. The van der Waals surface area contributed by atoms with Crippen molar-refractivity contribution in [2.75, 3.05) is 13.2 Å². The summed E-state index contributed by atoms with van der Waals surface area (Å²) < 4.78 is 10.9. The van der Waals surface area contributed by atoms with E-state index in [4.69, 9.17) is 14.3 Å². The number of hydroxylamine groups is 2. The van der Waals surface area contributed by atoms with Gasteiger partial charge in [0.05, 0.1) is 13.2 Å². The molecule has 1 fully saturated rings. The Bertz CT molecular complexity index is 1030. The van der Waals surface area contributed by atoms with Gasteiger partial charge in [-0.25, -0.2) is 9.59 Å². The number of esters is 2. The molecule has 1 aliphatic rings. The van der Waals surface area contributed by atoms with E-state index in [9.17, 15) is 9.59 Å². The average molecular weight is 536 g/mol. The van der Waals surface area contributed by atoms with Crippen molar-refractivity contribution < 1.29 is 23.9 Å². The molecule has 0 amide bonds. The van der Waals surface area contributed by atoms with Crippen LogP contribution in [0.5, 0.6) is 0 Å². The number of benzene rings is 2. The largest absolute Gasteiger partial charge is 0.463 e. The number of rotatable bonds is 12. The highest BCUT2D eigenvalue weighted by Crippen LogP contribution is 2.41. The molecule has 0 aliphatic carbocycles. The third-order valence-corrected chi connectivity index (χ3v) is 7.39. The van der Waals surface area contributed by atoms with Crippen molar-refractivity contribution in [3.8, 4) is 0 Å². The standard InChI is InChI=1S/C33H45NO5/c1-7-37-29(35)33(30(36)38-8-2,39-34-31(3,4)23-17-24-32(34,5)6)25-16-15-22-28(26-18-11-9-12-19-26)27-20-13-10-14-21-27/h9-14,18-22H,7-8,15-17,23-25H2,1-6H3. The van der Waals surface area contributed by atoms with Gasteiger partial charge in [0.15, 0.2) is 0 Å². The zero-order valence-corrected chi connectivity index (χ0v) is 24.5. The van der Waals surface area contributed by atoms with E-state index in [0.717, 1.165) is 36.0 Å². The maximum absolute atomic E-state index is 13.6. The molecule has 1 aliphatic heterocycles. The van der Waals surface area contributed by atoms with E-state index in [2.05, 4.69) is 58.0 Å². The Hall–Kier alpha value is -2.96. The van der Waals surface area contributed by atoms with Gasteiger partial charge in [-0.15, -0.1) is 0 Å². The molecule has 0 atom stereocenters. The number of unbranched alkanes of at least 4 members (excludes halogenated alkanes) is 1. The van der Waals surface area contributed by atoms with Gasteiger partial charge in [-0.2, -0.15) is 5.06 Å². The number of hydrogen-bond donors (Lipinski definition) is 0. The van der Waals surface area contributed by atoms with E-state index < -0.39 is 17.5 Å². The van der Waals surface area contributed by atoms with Crippen LogP contribution in [-0.2, 0) is 23.9 Å². The smallest absolute Gasteiger partial charge is 0.352 e. The number of carbonyl (C=O) groups excluding carboxylic acids is 2. The van der Waals surface area contributed by atoms with Gasteiger partial charge in [-0.1, -0.05) is 66.7 Å². The molecule has 39 heavy (non-hydrogen) atoms. The van der Waals surface area contributed by atoms with Crippen molar-refractivity contribution in [2.24, 2.45) is 0 Å². The van der Waals surface area contributed by atoms with Crippen molar-refractivity contribution in [2.45, 2.75) is 96.7 Å². The first-order chi connectivity index (χ1) is 18.6. The third kappa shape index (κ3) is 7.37. The van der Waals surface area contributed by atoms with Gasteiger partial charge in [0.2, 0.25) is 0 Å². The first-order valence-electron chi connectivity index (χ1n) is 14.2. The van der Waals surface area contributed by atoms with E-state index in [0.29, 0.717) is 12.8 Å². The first kappa shape index (κ1) is 30.6. The second-order valence-electron chi connectivity index (χ2n) is 11.4. The maximum atomic E-state index is 13.6. The molecular formula is C33H45NO5. The number of piperidine rings is 1. The molecule has 1 heterocycles. The monoisotopic (exact) mass is 535 g/mol. The molecule has 0 N–H and O–H groups in total. The number of hydrogen-bond acceptors (Lipinski definition) is 6. The van der Waals surface area contributed by atoms with Gasteiger partial charge in [0.1, 0.15) is 0 Å². The van der Waals surface area contributed by atoms with Crippen LogP contribution in [0.2, 0.25) is 0 Å². The fourth-order valence-electron chi connectivity index (χ4n) is 5.52. The molecular weight excluding hydrogens is 490 g/mol. The lowest BCUT2D eigenvalue weighted by atomic mass is 9.82. The van der Waals surface area contributed by atoms with Gasteiger partial charge in [-0.05, 0) is 90.3 Å². The van der Waals surface area contributed by atoms with Crippen molar-refractivity contribution in [3.05, 3.63) is 77.9 Å². The summed E-state index contributed by atoms with van der Waals surface area (Å²) in [7, 11) is 0. The summed E-state index contributed by atoms with van der Waals surface area (Å²) in [5, 5.41) is 1.85. The van der Waals surface area contributed by atoms with Crippen LogP contribution >= 0.6 is 0 Å². The molecule has 6 heteroatoms. The van der Waals surface area contributed by atoms with Crippen LogP contribution in [0.15, 0.2) is 66.7 Å². The van der Waals surface area contributed by atoms with Gasteiger partial charge >= 0.3 is 11.9 Å². The normalized spacial score (nSPS) is 16.8. The fraction of sp³-hybridized carbons (Fsp3) is 0.515. The number of allylic oxidation sites excluding steroid dienone is 1. The van der Waals surface area contributed by atoms with E-state index in [1.165, 1.54) is 0 Å². The van der Waals surface area contributed by atoms with Gasteiger partial charge < -0.3 is 9.47 Å². The predicted octanol–water partition coefficient (Wildman–Crippen LogP) is 7.13. The molecule has 2 aromatic carbocycles. The average Bonchev–Trinajstić information content (AvgIpc) is 2.90. The summed E-state index contributed by atoms with van der Waals surface area (Å²) in [4.78, 5) is 33.7. The van der Waals surface area contributed by atoms with Crippen molar-refractivity contribution >= 4 is 17.5 Å². The minimum absolute atomic E-state index is 0.140. The second-order valence-corrected chi connectivity index (χ2v) is 11.4. The third-order valence-electron chi connectivity index (χ3n) is 7.39. The van der Waals surface area contributed by atoms with Crippen LogP contribution in [0.4, 0.5) is 0 Å². The van der Waals surface area contributed by atoms with Gasteiger partial charge in [-0.3, -0.25) is 4.84 Å². The first-order valence-corrected chi connectivity index (χ1v) is 14.2. The molecule has 0 aromatic heterocycles. The summed E-state index contributed by atoms with van der Waals surface area (Å²) in [6.45, 7) is 12.1.